The first-order valence-corrected chi connectivity index (χ1v) is 10.2. The first kappa shape index (κ1) is 18.7. The molecular weight excluding hydrogens is 354 g/mol. The minimum atomic E-state index is -0.917. The molecule has 1 N–H and O–H groups in total. The Bertz CT molecular complexity index is 867. The van der Waals surface area contributed by atoms with Crippen LogP contribution < -0.4 is 5.32 Å². The summed E-state index contributed by atoms with van der Waals surface area (Å²) in [5.41, 5.74) is 1.52. The summed E-state index contributed by atoms with van der Waals surface area (Å²) in [6.07, 6.45) is 7.15. The molecule has 0 bridgehead atoms. The summed E-state index contributed by atoms with van der Waals surface area (Å²) in [6, 6.07) is 9.99. The van der Waals surface area contributed by atoms with E-state index in [4.69, 9.17) is 9.72 Å². The van der Waals surface area contributed by atoms with Crippen LogP contribution in [0.5, 0.6) is 0 Å². The number of hydrogen-bond acceptors (Lipinski definition) is 4. The molecule has 6 heteroatoms. The molecule has 0 spiro atoms. The zero-order chi connectivity index (χ0) is 19.6. The van der Waals surface area contributed by atoms with E-state index in [1.54, 1.807) is 0 Å². The summed E-state index contributed by atoms with van der Waals surface area (Å²) in [7, 11) is 1.38. The number of rotatable bonds is 4. The number of fused-ring (bicyclic) bond motifs is 1. The fraction of sp³-hybridized carbons (Fsp3) is 0.500. The second-order valence-corrected chi connectivity index (χ2v) is 7.79. The molecule has 0 atom stereocenters. The number of nitrogens with one attached hydrogen (secondary N) is 1. The molecule has 1 aliphatic heterocycles. The van der Waals surface area contributed by atoms with Crippen molar-refractivity contribution in [2.45, 2.75) is 63.5 Å². The lowest BCUT2D eigenvalue weighted by Gasteiger charge is -2.26. The third-order valence-electron chi connectivity index (χ3n) is 6.00. The number of nitrogens with zero attached hydrogens (tertiary/aromatic N) is 2. The van der Waals surface area contributed by atoms with Gasteiger partial charge in [-0.2, -0.15) is 0 Å². The number of imidazole rings is 1. The molecule has 0 unspecified atom stereocenters. The summed E-state index contributed by atoms with van der Waals surface area (Å²) in [5.74, 6) is 0.216. The highest BCUT2D eigenvalue weighted by Crippen LogP contribution is 2.32. The van der Waals surface area contributed by atoms with Gasteiger partial charge in [0, 0.05) is 12.1 Å². The number of esters is 1. The van der Waals surface area contributed by atoms with Gasteiger partial charge in [0.25, 0.3) is 5.91 Å². The van der Waals surface area contributed by atoms with Gasteiger partial charge in [-0.15, -0.1) is 0 Å². The fourth-order valence-corrected chi connectivity index (χ4v) is 4.54. The Morgan fingerprint density at radius 2 is 1.82 bits per heavy atom. The molecule has 6 nitrogen and oxygen atoms in total. The van der Waals surface area contributed by atoms with Crippen molar-refractivity contribution < 1.29 is 14.3 Å². The Morgan fingerprint density at radius 1 is 1.07 bits per heavy atom. The average Bonchev–Trinajstić information content (AvgIpc) is 3.26. The van der Waals surface area contributed by atoms with Gasteiger partial charge in [0.2, 0.25) is 0 Å². The maximum Gasteiger partial charge on any atom is 0.331 e. The van der Waals surface area contributed by atoms with Gasteiger partial charge in [0.05, 0.1) is 12.8 Å². The third kappa shape index (κ3) is 3.32. The van der Waals surface area contributed by atoms with E-state index < -0.39 is 5.54 Å². The van der Waals surface area contributed by atoms with Crippen LogP contribution in [-0.4, -0.2) is 34.1 Å². The lowest BCUT2D eigenvalue weighted by molar-refractivity contribution is -0.148. The Kier molecular flexibility index (Phi) is 5.20. The Labute approximate surface area is 165 Å². The summed E-state index contributed by atoms with van der Waals surface area (Å²) >= 11 is 0. The molecule has 0 radical (unpaired) electrons. The van der Waals surface area contributed by atoms with Crippen LogP contribution in [0.4, 0.5) is 0 Å². The molecule has 1 amide bonds. The largest absolute Gasteiger partial charge is 0.467 e. The molecule has 28 heavy (non-hydrogen) atoms. The minimum Gasteiger partial charge on any atom is -0.467 e. The molecule has 148 valence electrons. The van der Waals surface area contributed by atoms with E-state index in [2.05, 4.69) is 9.88 Å². The van der Waals surface area contributed by atoms with Crippen LogP contribution >= 0.6 is 0 Å². The van der Waals surface area contributed by atoms with Gasteiger partial charge in [-0.05, 0) is 32.1 Å². The van der Waals surface area contributed by atoms with E-state index in [0.717, 1.165) is 62.2 Å². The van der Waals surface area contributed by atoms with Crippen molar-refractivity contribution in [1.29, 1.82) is 0 Å². The number of ether oxygens (including phenoxy) is 1. The summed E-state index contributed by atoms with van der Waals surface area (Å²) in [5, 5.41) is 3.01. The third-order valence-corrected chi connectivity index (χ3v) is 6.00. The van der Waals surface area contributed by atoms with Crippen molar-refractivity contribution in [3.63, 3.8) is 0 Å². The van der Waals surface area contributed by atoms with Crippen molar-refractivity contribution in [3.05, 3.63) is 41.7 Å². The van der Waals surface area contributed by atoms with Crippen LogP contribution in [0.3, 0.4) is 0 Å². The average molecular weight is 381 g/mol. The first-order chi connectivity index (χ1) is 13.6. The van der Waals surface area contributed by atoms with Gasteiger partial charge in [0.1, 0.15) is 17.1 Å². The van der Waals surface area contributed by atoms with Crippen molar-refractivity contribution in [2.75, 3.05) is 7.11 Å². The van der Waals surface area contributed by atoms with E-state index >= 15 is 0 Å². The van der Waals surface area contributed by atoms with Crippen molar-refractivity contribution >= 4 is 11.9 Å². The molecule has 4 rings (SSSR count). The Morgan fingerprint density at radius 3 is 2.54 bits per heavy atom. The SMILES string of the molecule is COC(=O)C1(NC(=O)c2nc(-c3ccccc3)n3c2CCCCC3)CCCC1. The first-order valence-electron chi connectivity index (χ1n) is 10.2. The smallest absolute Gasteiger partial charge is 0.331 e. The second-order valence-electron chi connectivity index (χ2n) is 7.79. The molecule has 1 aromatic heterocycles. The predicted octanol–water partition coefficient (Wildman–Crippen LogP) is 3.49. The number of benzene rings is 1. The quantitative estimate of drug-likeness (QED) is 0.823. The number of hydrogen-bond donors (Lipinski definition) is 1. The highest BCUT2D eigenvalue weighted by atomic mass is 16.5. The molecule has 2 aromatic rings. The molecular formula is C22H27N3O3. The molecule has 1 saturated carbocycles. The number of aromatic nitrogens is 2. The summed E-state index contributed by atoms with van der Waals surface area (Å²) in [6.45, 7) is 0.863. The highest BCUT2D eigenvalue weighted by Gasteiger charge is 2.44. The molecule has 0 saturated heterocycles. The van der Waals surface area contributed by atoms with Crippen LogP contribution in [0.15, 0.2) is 30.3 Å². The van der Waals surface area contributed by atoms with Crippen LogP contribution in [0.2, 0.25) is 0 Å². The minimum absolute atomic E-state index is 0.264. The standard InChI is InChI=1S/C22H27N3O3/c1-28-21(27)22(13-7-8-14-22)24-20(26)18-17-12-6-3-9-15-25(17)19(23-18)16-10-4-2-5-11-16/h2,4-5,10-11H,3,6-9,12-15H2,1H3,(H,24,26). The monoisotopic (exact) mass is 381 g/mol. The Hall–Kier alpha value is -2.63. The van der Waals surface area contributed by atoms with Gasteiger partial charge in [-0.3, -0.25) is 4.79 Å². The number of amides is 1. The number of methoxy groups -OCH3 is 1. The van der Waals surface area contributed by atoms with E-state index in [0.29, 0.717) is 18.5 Å². The van der Waals surface area contributed by atoms with E-state index in [-0.39, 0.29) is 11.9 Å². The summed E-state index contributed by atoms with van der Waals surface area (Å²) in [4.78, 5) is 30.4. The number of carbonyl (C=O) groups excluding carboxylic acids is 2. The van der Waals surface area contributed by atoms with Crippen molar-refractivity contribution in [3.8, 4) is 11.4 Å². The molecule has 2 aliphatic rings. The maximum absolute atomic E-state index is 13.3. The lowest BCUT2D eigenvalue weighted by atomic mass is 9.97. The molecule has 1 fully saturated rings. The van der Waals surface area contributed by atoms with Gasteiger partial charge in [-0.1, -0.05) is 49.6 Å². The van der Waals surface area contributed by atoms with Gasteiger partial charge < -0.3 is 14.6 Å². The summed E-state index contributed by atoms with van der Waals surface area (Å²) < 4.78 is 7.19. The number of carbonyl (C=O) groups is 2. The van der Waals surface area contributed by atoms with Crippen LogP contribution in [0.1, 0.15) is 61.1 Å². The van der Waals surface area contributed by atoms with Crippen LogP contribution in [0.25, 0.3) is 11.4 Å². The molecule has 1 aliphatic carbocycles. The van der Waals surface area contributed by atoms with Gasteiger partial charge in [-0.25, -0.2) is 9.78 Å². The lowest BCUT2D eigenvalue weighted by Crippen LogP contribution is -2.53. The maximum atomic E-state index is 13.3. The van der Waals surface area contributed by atoms with Crippen molar-refractivity contribution in [2.24, 2.45) is 0 Å². The van der Waals surface area contributed by atoms with Gasteiger partial charge >= 0.3 is 5.97 Å². The van der Waals surface area contributed by atoms with Crippen LogP contribution in [0, 0.1) is 0 Å². The fourth-order valence-electron chi connectivity index (χ4n) is 4.54. The second kappa shape index (κ2) is 7.78. The van der Waals surface area contributed by atoms with Crippen LogP contribution in [-0.2, 0) is 22.5 Å². The predicted molar refractivity (Wildman–Crippen MR) is 106 cm³/mol. The highest BCUT2D eigenvalue weighted by molar-refractivity contribution is 5.98. The zero-order valence-corrected chi connectivity index (χ0v) is 16.4. The van der Waals surface area contributed by atoms with Gasteiger partial charge in [0.15, 0.2) is 0 Å². The van der Waals surface area contributed by atoms with E-state index in [1.807, 2.05) is 30.3 Å². The normalized spacial score (nSPS) is 18.2. The van der Waals surface area contributed by atoms with E-state index in [9.17, 15) is 9.59 Å². The Balaban J connectivity index is 1.72. The van der Waals surface area contributed by atoms with E-state index in [1.165, 1.54) is 7.11 Å². The molecule has 1 aromatic carbocycles. The molecule has 2 heterocycles. The topological polar surface area (TPSA) is 73.2 Å². The van der Waals surface area contributed by atoms with Crippen molar-refractivity contribution in [1.82, 2.24) is 14.9 Å². The zero-order valence-electron chi connectivity index (χ0n) is 16.4.